The van der Waals surface area contributed by atoms with Gasteiger partial charge in [0, 0.05) is 35.7 Å². The number of benzene rings is 1. The molecule has 8 heteroatoms. The lowest BCUT2D eigenvalue weighted by Crippen LogP contribution is -2.19. The molecule has 0 saturated heterocycles. The average Bonchev–Trinajstić information content (AvgIpc) is 3.00. The number of aromatic nitrogens is 2. The van der Waals surface area contributed by atoms with Crippen molar-refractivity contribution in [2.24, 2.45) is 0 Å². The zero-order valence-corrected chi connectivity index (χ0v) is 15.2. The Morgan fingerprint density at radius 3 is 2.75 bits per heavy atom. The number of hydrogen-bond donors (Lipinski definition) is 2. The first-order valence-corrected chi connectivity index (χ1v) is 8.68. The third kappa shape index (κ3) is 4.41. The molecule has 1 aromatic carbocycles. The number of fused-ring (bicyclic) bond motifs is 1. The van der Waals surface area contributed by atoms with Gasteiger partial charge in [0.15, 0.2) is 5.78 Å². The highest BCUT2D eigenvalue weighted by atomic mass is 19.1. The molecule has 148 valence electrons. The van der Waals surface area contributed by atoms with Gasteiger partial charge < -0.3 is 19.5 Å². The van der Waals surface area contributed by atoms with Gasteiger partial charge in [0.2, 0.25) is 0 Å². The van der Waals surface area contributed by atoms with E-state index >= 15 is 0 Å². The first kappa shape index (κ1) is 20.1. The minimum atomic E-state index is -0.990. The van der Waals surface area contributed by atoms with Crippen LogP contribution in [0.25, 0.3) is 10.9 Å². The second-order valence-corrected chi connectivity index (χ2v) is 6.51. The van der Waals surface area contributed by atoms with Crippen molar-refractivity contribution in [1.82, 2.24) is 9.55 Å². The van der Waals surface area contributed by atoms with Crippen LogP contribution in [-0.4, -0.2) is 44.9 Å². The summed E-state index contributed by atoms with van der Waals surface area (Å²) in [6, 6.07) is 5.03. The van der Waals surface area contributed by atoms with Gasteiger partial charge in [-0.2, -0.15) is 0 Å². The van der Waals surface area contributed by atoms with Crippen LogP contribution >= 0.6 is 0 Å². The molecule has 0 spiro atoms. The summed E-state index contributed by atoms with van der Waals surface area (Å²) in [7, 11) is 0. The van der Waals surface area contributed by atoms with Gasteiger partial charge in [-0.15, -0.1) is 0 Å². The van der Waals surface area contributed by atoms with Crippen LogP contribution < -0.4 is 0 Å². The summed E-state index contributed by atoms with van der Waals surface area (Å²) in [6.45, 7) is 1.20. The average molecular weight is 390 g/mol. The van der Waals surface area contributed by atoms with Crippen molar-refractivity contribution in [3.63, 3.8) is 0 Å². The van der Waals surface area contributed by atoms with Crippen molar-refractivity contribution >= 4 is 16.7 Å². The van der Waals surface area contributed by atoms with E-state index in [1.807, 2.05) is 0 Å². The van der Waals surface area contributed by atoms with Crippen LogP contribution in [0, 0.1) is 11.6 Å². The lowest BCUT2D eigenvalue weighted by atomic mass is 10.1. The van der Waals surface area contributed by atoms with E-state index in [0.717, 1.165) is 6.07 Å². The van der Waals surface area contributed by atoms with E-state index in [1.165, 1.54) is 25.3 Å². The highest BCUT2D eigenvalue weighted by Crippen LogP contribution is 2.24. The minimum absolute atomic E-state index is 0.0551. The lowest BCUT2D eigenvalue weighted by Gasteiger charge is -2.07. The molecule has 28 heavy (non-hydrogen) atoms. The number of aliphatic hydroxyl groups is 2. The van der Waals surface area contributed by atoms with E-state index < -0.39 is 24.3 Å². The standard InChI is InChI=1S/C20H20F2N2O4/c1-12(26)19-5-17-14(10-28-11-16(27)9-25)8-24(20(17)6-23-19)7-13-2-3-15(21)4-18(13)22/h2-6,8,16,25,27H,7,9-11H2,1H3/t16-/m0/s1. The Kier molecular flexibility index (Phi) is 6.13. The van der Waals surface area contributed by atoms with E-state index in [4.69, 9.17) is 9.84 Å². The molecule has 0 aliphatic carbocycles. The Morgan fingerprint density at radius 1 is 1.29 bits per heavy atom. The third-order valence-electron chi connectivity index (χ3n) is 4.35. The highest BCUT2D eigenvalue weighted by molar-refractivity contribution is 5.96. The summed E-state index contributed by atoms with van der Waals surface area (Å²) >= 11 is 0. The zero-order chi connectivity index (χ0) is 20.3. The van der Waals surface area contributed by atoms with Crippen molar-refractivity contribution in [2.45, 2.75) is 26.2 Å². The Labute approximate surface area is 160 Å². The number of carbonyl (C=O) groups excluding carboxylic acids is 1. The van der Waals surface area contributed by atoms with Crippen LogP contribution in [0.4, 0.5) is 8.78 Å². The Morgan fingerprint density at radius 2 is 2.07 bits per heavy atom. The van der Waals surface area contributed by atoms with E-state index in [9.17, 15) is 18.7 Å². The summed E-state index contributed by atoms with van der Waals surface area (Å²) in [5, 5.41) is 19.0. The van der Waals surface area contributed by atoms with Crippen molar-refractivity contribution in [3.8, 4) is 0 Å². The first-order chi connectivity index (χ1) is 13.4. The fourth-order valence-corrected chi connectivity index (χ4v) is 2.89. The van der Waals surface area contributed by atoms with Crippen LogP contribution in [0.2, 0.25) is 0 Å². The molecule has 1 atom stereocenters. The molecule has 0 fully saturated rings. The second-order valence-electron chi connectivity index (χ2n) is 6.51. The quantitative estimate of drug-likeness (QED) is 0.577. The number of aliphatic hydroxyl groups excluding tert-OH is 2. The number of hydrogen-bond acceptors (Lipinski definition) is 5. The molecule has 6 nitrogen and oxygen atoms in total. The van der Waals surface area contributed by atoms with Crippen LogP contribution in [0.5, 0.6) is 0 Å². The molecular weight excluding hydrogens is 370 g/mol. The molecule has 3 aromatic rings. The number of rotatable bonds is 8. The molecule has 2 N–H and O–H groups in total. The topological polar surface area (TPSA) is 84.6 Å². The summed E-state index contributed by atoms with van der Waals surface area (Å²) in [5.74, 6) is -1.50. The fourth-order valence-electron chi connectivity index (χ4n) is 2.89. The molecule has 3 rings (SSSR count). The van der Waals surface area contributed by atoms with Gasteiger partial charge in [-0.25, -0.2) is 8.78 Å². The van der Waals surface area contributed by atoms with Gasteiger partial charge in [-0.1, -0.05) is 6.07 Å². The maximum Gasteiger partial charge on any atom is 0.178 e. The Hall–Kier alpha value is -2.68. The number of nitrogens with zero attached hydrogens (tertiary/aromatic N) is 2. The fraction of sp³-hybridized carbons (Fsp3) is 0.300. The summed E-state index contributed by atoms with van der Waals surface area (Å²) in [5.41, 5.74) is 1.97. The first-order valence-electron chi connectivity index (χ1n) is 8.68. The lowest BCUT2D eigenvalue weighted by molar-refractivity contribution is 0.000280. The van der Waals surface area contributed by atoms with Crippen molar-refractivity contribution in [1.29, 1.82) is 0 Å². The van der Waals surface area contributed by atoms with Crippen molar-refractivity contribution < 1.29 is 28.5 Å². The van der Waals surface area contributed by atoms with Crippen LogP contribution in [0.3, 0.4) is 0 Å². The molecule has 0 amide bonds. The van der Waals surface area contributed by atoms with Crippen molar-refractivity contribution in [3.05, 3.63) is 65.1 Å². The predicted molar refractivity (Wildman–Crippen MR) is 97.9 cm³/mol. The molecule has 2 heterocycles. The van der Waals surface area contributed by atoms with E-state index in [2.05, 4.69) is 4.98 Å². The molecule has 0 aliphatic rings. The second kappa shape index (κ2) is 8.55. The van der Waals surface area contributed by atoms with Crippen molar-refractivity contribution in [2.75, 3.05) is 13.2 Å². The molecule has 0 aliphatic heterocycles. The normalized spacial score (nSPS) is 12.5. The zero-order valence-electron chi connectivity index (χ0n) is 15.2. The summed E-state index contributed by atoms with van der Waals surface area (Å²) < 4.78 is 34.4. The molecule has 0 unspecified atom stereocenters. The maximum absolute atomic E-state index is 14.1. The Balaban J connectivity index is 1.96. The number of ketones is 1. The van der Waals surface area contributed by atoms with Gasteiger partial charge >= 0.3 is 0 Å². The monoisotopic (exact) mass is 390 g/mol. The van der Waals surface area contributed by atoms with E-state index in [-0.39, 0.29) is 31.2 Å². The van der Waals surface area contributed by atoms with Gasteiger partial charge in [0.05, 0.1) is 38.1 Å². The predicted octanol–water partition coefficient (Wildman–Crippen LogP) is 2.44. The largest absolute Gasteiger partial charge is 0.394 e. The van der Waals surface area contributed by atoms with Crippen LogP contribution in [-0.2, 0) is 17.9 Å². The molecule has 0 radical (unpaired) electrons. The van der Waals surface area contributed by atoms with E-state index in [0.29, 0.717) is 22.0 Å². The smallest absolute Gasteiger partial charge is 0.178 e. The molecule has 0 saturated carbocycles. The number of pyridine rings is 1. The summed E-state index contributed by atoms with van der Waals surface area (Å²) in [4.78, 5) is 15.8. The highest BCUT2D eigenvalue weighted by Gasteiger charge is 2.14. The summed E-state index contributed by atoms with van der Waals surface area (Å²) in [6.07, 6.45) is 2.28. The maximum atomic E-state index is 14.1. The van der Waals surface area contributed by atoms with E-state index in [1.54, 1.807) is 16.8 Å². The van der Waals surface area contributed by atoms with Crippen LogP contribution in [0.15, 0.2) is 36.7 Å². The third-order valence-corrected chi connectivity index (χ3v) is 4.35. The number of carbonyl (C=O) groups is 1. The van der Waals surface area contributed by atoms with Crippen LogP contribution in [0.1, 0.15) is 28.5 Å². The molecule has 0 bridgehead atoms. The Bertz CT molecular complexity index is 1000. The molecule has 2 aromatic heterocycles. The van der Waals surface area contributed by atoms with Gasteiger partial charge in [-0.3, -0.25) is 9.78 Å². The van der Waals surface area contributed by atoms with Gasteiger partial charge in [0.25, 0.3) is 0 Å². The number of halogens is 2. The number of Topliss-reactive ketones (excluding diaryl/α,β-unsaturated/α-hetero) is 1. The minimum Gasteiger partial charge on any atom is -0.394 e. The number of ether oxygens (including phenoxy) is 1. The van der Waals surface area contributed by atoms with Gasteiger partial charge in [0.1, 0.15) is 23.4 Å². The van der Waals surface area contributed by atoms with Gasteiger partial charge in [-0.05, 0) is 12.1 Å². The molecular formula is C20H20F2N2O4. The SMILES string of the molecule is CC(=O)c1cc2c(COC[C@@H](O)CO)cn(Cc3ccc(F)cc3F)c2cn1.